The lowest BCUT2D eigenvalue weighted by molar-refractivity contribution is 0.316. The Hall–Kier alpha value is -1.22. The average molecular weight is 263 g/mol. The maximum atomic E-state index is 5.54. The van der Waals surface area contributed by atoms with Crippen LogP contribution in [0, 0.1) is 5.92 Å². The second-order valence-electron chi connectivity index (χ2n) is 6.03. The monoisotopic (exact) mass is 263 g/mol. The molecular formula is C16H25NO2. The van der Waals surface area contributed by atoms with Crippen LogP contribution in [-0.4, -0.2) is 26.8 Å². The molecule has 0 radical (unpaired) electrons. The largest absolute Gasteiger partial charge is 0.497 e. The topological polar surface area (TPSA) is 30.5 Å². The highest BCUT2D eigenvalue weighted by atomic mass is 16.5. The van der Waals surface area contributed by atoms with Gasteiger partial charge in [0.15, 0.2) is 0 Å². The summed E-state index contributed by atoms with van der Waals surface area (Å²) < 4.78 is 10.9. The van der Waals surface area contributed by atoms with Crippen LogP contribution in [0.3, 0.4) is 0 Å². The molecule has 2 unspecified atom stereocenters. The molecule has 3 nitrogen and oxygen atoms in total. The third-order valence-electron chi connectivity index (χ3n) is 4.47. The van der Waals surface area contributed by atoms with Gasteiger partial charge in [-0.15, -0.1) is 0 Å². The first-order valence-corrected chi connectivity index (χ1v) is 6.95. The molecule has 1 saturated heterocycles. The summed E-state index contributed by atoms with van der Waals surface area (Å²) in [6.45, 7) is 7.91. The van der Waals surface area contributed by atoms with Gasteiger partial charge in [0.25, 0.3) is 0 Å². The van der Waals surface area contributed by atoms with Gasteiger partial charge in [0.05, 0.1) is 14.2 Å². The summed E-state index contributed by atoms with van der Waals surface area (Å²) >= 11 is 0. The van der Waals surface area contributed by atoms with Crippen molar-refractivity contribution in [3.8, 4) is 11.5 Å². The molecule has 1 aliphatic rings. The van der Waals surface area contributed by atoms with Crippen molar-refractivity contribution in [3.05, 3.63) is 23.8 Å². The Morgan fingerprint density at radius 1 is 1.21 bits per heavy atom. The van der Waals surface area contributed by atoms with Crippen molar-refractivity contribution in [1.29, 1.82) is 0 Å². The first-order chi connectivity index (χ1) is 8.98. The van der Waals surface area contributed by atoms with Crippen LogP contribution < -0.4 is 14.8 Å². The number of hydrogen-bond donors (Lipinski definition) is 1. The molecule has 1 aromatic carbocycles. The molecule has 0 spiro atoms. The normalized spacial score (nSPS) is 23.4. The molecule has 0 aromatic heterocycles. The van der Waals surface area contributed by atoms with Gasteiger partial charge >= 0.3 is 0 Å². The summed E-state index contributed by atoms with van der Waals surface area (Å²) in [4.78, 5) is 0. The van der Waals surface area contributed by atoms with Crippen LogP contribution >= 0.6 is 0 Å². The van der Waals surface area contributed by atoms with Gasteiger partial charge in [-0.2, -0.15) is 0 Å². The lowest BCUT2D eigenvalue weighted by atomic mass is 9.72. The van der Waals surface area contributed by atoms with Gasteiger partial charge < -0.3 is 14.8 Å². The van der Waals surface area contributed by atoms with Gasteiger partial charge in [-0.25, -0.2) is 0 Å². The van der Waals surface area contributed by atoms with E-state index in [1.807, 2.05) is 12.1 Å². The minimum atomic E-state index is 0.0671. The van der Waals surface area contributed by atoms with Gasteiger partial charge in [-0.3, -0.25) is 0 Å². The van der Waals surface area contributed by atoms with Gasteiger partial charge in [-0.05, 0) is 49.4 Å². The third kappa shape index (κ3) is 2.71. The Bertz CT molecular complexity index is 442. The van der Waals surface area contributed by atoms with Crippen LogP contribution in [0.5, 0.6) is 11.5 Å². The van der Waals surface area contributed by atoms with E-state index in [1.54, 1.807) is 14.2 Å². The molecule has 3 heteroatoms. The molecule has 2 atom stereocenters. The van der Waals surface area contributed by atoms with Crippen molar-refractivity contribution in [2.75, 3.05) is 20.8 Å². The van der Waals surface area contributed by atoms with Crippen molar-refractivity contribution < 1.29 is 9.47 Å². The van der Waals surface area contributed by atoms with E-state index in [4.69, 9.17) is 9.47 Å². The minimum absolute atomic E-state index is 0.0671. The van der Waals surface area contributed by atoms with E-state index in [2.05, 4.69) is 32.2 Å². The predicted molar refractivity (Wildman–Crippen MR) is 78.1 cm³/mol. The van der Waals surface area contributed by atoms with Crippen molar-refractivity contribution in [2.45, 2.75) is 38.6 Å². The van der Waals surface area contributed by atoms with Crippen molar-refractivity contribution in [2.24, 2.45) is 5.92 Å². The number of rotatable bonds is 4. The van der Waals surface area contributed by atoms with E-state index in [-0.39, 0.29) is 5.41 Å². The van der Waals surface area contributed by atoms with Crippen molar-refractivity contribution in [3.63, 3.8) is 0 Å². The molecule has 1 aromatic rings. The summed E-state index contributed by atoms with van der Waals surface area (Å²) in [5, 5.41) is 3.54. The maximum absolute atomic E-state index is 5.54. The Morgan fingerprint density at radius 3 is 2.47 bits per heavy atom. The summed E-state index contributed by atoms with van der Waals surface area (Å²) in [5.74, 6) is 2.46. The fourth-order valence-corrected chi connectivity index (χ4v) is 3.02. The summed E-state index contributed by atoms with van der Waals surface area (Å²) in [6, 6.07) is 6.66. The van der Waals surface area contributed by atoms with Gasteiger partial charge in [0.2, 0.25) is 0 Å². The smallest absolute Gasteiger partial charge is 0.122 e. The van der Waals surface area contributed by atoms with E-state index < -0.39 is 0 Å². The standard InChI is InChI=1S/C16H25NO2/c1-11-8-12(10-17-11)16(2,3)14-9-13(18-4)6-7-15(14)19-5/h6-7,9,11-12,17H,8,10H2,1-5H3. The van der Waals surface area contributed by atoms with Gasteiger partial charge in [0, 0.05) is 11.6 Å². The lowest BCUT2D eigenvalue weighted by Crippen LogP contribution is -2.30. The Labute approximate surface area is 116 Å². The number of ether oxygens (including phenoxy) is 2. The first-order valence-electron chi connectivity index (χ1n) is 6.95. The SMILES string of the molecule is COc1ccc(OC)c(C(C)(C)C2CNC(C)C2)c1. The second-order valence-corrected chi connectivity index (χ2v) is 6.03. The zero-order chi connectivity index (χ0) is 14.0. The van der Waals surface area contributed by atoms with E-state index in [0.717, 1.165) is 18.0 Å². The predicted octanol–water partition coefficient (Wildman–Crippen LogP) is 2.98. The van der Waals surface area contributed by atoms with Crippen LogP contribution in [0.4, 0.5) is 0 Å². The quantitative estimate of drug-likeness (QED) is 0.906. The highest BCUT2D eigenvalue weighted by Crippen LogP contribution is 2.42. The molecule has 1 heterocycles. The van der Waals surface area contributed by atoms with E-state index in [1.165, 1.54) is 12.0 Å². The number of methoxy groups -OCH3 is 2. The fraction of sp³-hybridized carbons (Fsp3) is 0.625. The molecule has 1 N–H and O–H groups in total. The van der Waals surface area contributed by atoms with E-state index >= 15 is 0 Å². The Kier molecular flexibility index (Phi) is 4.04. The number of hydrogen-bond acceptors (Lipinski definition) is 3. The highest BCUT2D eigenvalue weighted by Gasteiger charge is 2.37. The van der Waals surface area contributed by atoms with Crippen LogP contribution in [-0.2, 0) is 5.41 Å². The van der Waals surface area contributed by atoms with Crippen molar-refractivity contribution >= 4 is 0 Å². The van der Waals surface area contributed by atoms with Crippen LogP contribution in [0.2, 0.25) is 0 Å². The molecule has 106 valence electrons. The zero-order valence-corrected chi connectivity index (χ0v) is 12.6. The lowest BCUT2D eigenvalue weighted by Gasteiger charge is -2.33. The third-order valence-corrected chi connectivity index (χ3v) is 4.47. The highest BCUT2D eigenvalue weighted by molar-refractivity contribution is 5.45. The molecule has 0 bridgehead atoms. The number of benzene rings is 1. The summed E-state index contributed by atoms with van der Waals surface area (Å²) in [6.07, 6.45) is 1.20. The molecule has 2 rings (SSSR count). The van der Waals surface area contributed by atoms with Crippen LogP contribution in [0.25, 0.3) is 0 Å². The van der Waals surface area contributed by atoms with E-state index in [0.29, 0.717) is 12.0 Å². The Balaban J connectivity index is 2.37. The minimum Gasteiger partial charge on any atom is -0.497 e. The molecule has 0 saturated carbocycles. The summed E-state index contributed by atoms with van der Waals surface area (Å²) in [5.41, 5.74) is 1.30. The molecule has 0 aliphatic carbocycles. The summed E-state index contributed by atoms with van der Waals surface area (Å²) in [7, 11) is 3.44. The number of nitrogens with one attached hydrogen (secondary N) is 1. The first kappa shape index (κ1) is 14.2. The molecular weight excluding hydrogens is 238 g/mol. The fourth-order valence-electron chi connectivity index (χ4n) is 3.02. The molecule has 1 aliphatic heterocycles. The Morgan fingerprint density at radius 2 is 1.95 bits per heavy atom. The second kappa shape index (κ2) is 5.41. The molecule has 19 heavy (non-hydrogen) atoms. The molecule has 0 amide bonds. The van der Waals surface area contributed by atoms with E-state index in [9.17, 15) is 0 Å². The van der Waals surface area contributed by atoms with Crippen LogP contribution in [0.1, 0.15) is 32.8 Å². The maximum Gasteiger partial charge on any atom is 0.122 e. The van der Waals surface area contributed by atoms with Crippen molar-refractivity contribution in [1.82, 2.24) is 5.32 Å². The van der Waals surface area contributed by atoms with Gasteiger partial charge in [0.1, 0.15) is 11.5 Å². The zero-order valence-electron chi connectivity index (χ0n) is 12.6. The molecule has 1 fully saturated rings. The van der Waals surface area contributed by atoms with Gasteiger partial charge in [-0.1, -0.05) is 13.8 Å². The van der Waals surface area contributed by atoms with Crippen LogP contribution in [0.15, 0.2) is 18.2 Å². The average Bonchev–Trinajstić information content (AvgIpc) is 2.85.